The second-order valence-electron chi connectivity index (χ2n) is 6.78. The zero-order chi connectivity index (χ0) is 17.3. The molecule has 2 heterocycles. The lowest BCUT2D eigenvalue weighted by Gasteiger charge is -2.31. The van der Waals surface area contributed by atoms with E-state index in [1.807, 2.05) is 13.8 Å². The minimum Gasteiger partial charge on any atom is -0.467 e. The van der Waals surface area contributed by atoms with Crippen LogP contribution in [-0.2, 0) is 18.4 Å². The molecule has 0 bridgehead atoms. The molecule has 1 aromatic carbocycles. The first kappa shape index (κ1) is 16.5. The van der Waals surface area contributed by atoms with Crippen molar-refractivity contribution in [3.05, 3.63) is 41.1 Å². The van der Waals surface area contributed by atoms with Crippen LogP contribution in [0.15, 0.2) is 24.3 Å². The van der Waals surface area contributed by atoms with Crippen LogP contribution in [0.25, 0.3) is 0 Å². The van der Waals surface area contributed by atoms with Gasteiger partial charge in [-0.25, -0.2) is 0 Å². The molecule has 0 amide bonds. The van der Waals surface area contributed by atoms with Crippen LogP contribution in [0.1, 0.15) is 30.7 Å². The summed E-state index contributed by atoms with van der Waals surface area (Å²) in [5.74, 6) is 0.486. The Kier molecular flexibility index (Phi) is 4.32. The van der Waals surface area contributed by atoms with E-state index in [0.717, 1.165) is 35.5 Å². The molecule has 3 N–H and O–H groups in total. The minimum atomic E-state index is -0.234. The van der Waals surface area contributed by atoms with Crippen LogP contribution in [0.4, 0.5) is 11.5 Å². The van der Waals surface area contributed by atoms with Crippen LogP contribution in [0.2, 0.25) is 0 Å². The number of hydrogen-bond donors (Lipinski definition) is 2. The van der Waals surface area contributed by atoms with Gasteiger partial charge in [0, 0.05) is 36.2 Å². The molecular weight excluding hydrogens is 304 g/mol. The number of rotatable bonds is 4. The number of nitrogens with zero attached hydrogens (tertiary/aromatic N) is 3. The average Bonchev–Trinajstić information content (AvgIpc) is 2.61. The number of ether oxygens (including phenoxy) is 1. The Bertz CT molecular complexity index is 729. The number of benzene rings is 1. The van der Waals surface area contributed by atoms with Gasteiger partial charge in [-0.3, -0.25) is 0 Å². The van der Waals surface area contributed by atoms with Gasteiger partial charge in [0.15, 0.2) is 0 Å². The van der Waals surface area contributed by atoms with E-state index in [0.29, 0.717) is 18.4 Å². The summed E-state index contributed by atoms with van der Waals surface area (Å²) in [6, 6.07) is 8.68. The number of nitrogen functional groups attached to an aromatic ring is 1. The van der Waals surface area contributed by atoms with E-state index >= 15 is 0 Å². The van der Waals surface area contributed by atoms with Crippen molar-refractivity contribution >= 4 is 11.5 Å². The van der Waals surface area contributed by atoms with E-state index < -0.39 is 0 Å². The molecule has 2 aromatic rings. The highest BCUT2D eigenvalue weighted by atomic mass is 16.5. The summed E-state index contributed by atoms with van der Waals surface area (Å²) in [4.78, 5) is 10.9. The Morgan fingerprint density at radius 3 is 2.58 bits per heavy atom. The zero-order valence-corrected chi connectivity index (χ0v) is 14.4. The van der Waals surface area contributed by atoms with Crippen molar-refractivity contribution in [3.8, 4) is 6.01 Å². The van der Waals surface area contributed by atoms with E-state index in [4.69, 9.17) is 10.5 Å². The second-order valence-corrected chi connectivity index (χ2v) is 6.78. The Balaban J connectivity index is 1.83. The normalized spacial score (nSPS) is 14.4. The van der Waals surface area contributed by atoms with Crippen molar-refractivity contribution in [1.82, 2.24) is 9.97 Å². The van der Waals surface area contributed by atoms with Gasteiger partial charge in [-0.1, -0.05) is 26.0 Å². The third-order valence-electron chi connectivity index (χ3n) is 4.66. The Morgan fingerprint density at radius 2 is 1.96 bits per heavy atom. The molecule has 1 aromatic heterocycles. The van der Waals surface area contributed by atoms with Gasteiger partial charge in [-0.15, -0.1) is 0 Å². The number of anilines is 2. The highest BCUT2D eigenvalue weighted by Crippen LogP contribution is 2.29. The van der Waals surface area contributed by atoms with E-state index in [1.54, 1.807) is 7.11 Å². The van der Waals surface area contributed by atoms with Crippen molar-refractivity contribution in [2.45, 2.75) is 32.2 Å². The maximum Gasteiger partial charge on any atom is 0.318 e. The molecule has 0 unspecified atom stereocenters. The summed E-state index contributed by atoms with van der Waals surface area (Å²) in [5, 5.41) is 9.50. The third-order valence-corrected chi connectivity index (χ3v) is 4.66. The number of nitrogens with two attached hydrogens (primary N) is 1. The Hall–Kier alpha value is -2.34. The molecule has 1 aliphatic rings. The summed E-state index contributed by atoms with van der Waals surface area (Å²) in [5.41, 5.74) is 10.0. The number of aliphatic hydroxyl groups is 1. The van der Waals surface area contributed by atoms with Gasteiger partial charge >= 0.3 is 6.01 Å². The molecule has 1 aliphatic heterocycles. The molecule has 6 heteroatoms. The molecule has 0 radical (unpaired) electrons. The van der Waals surface area contributed by atoms with Gasteiger partial charge in [-0.2, -0.15) is 9.97 Å². The van der Waals surface area contributed by atoms with Gasteiger partial charge in [-0.05, 0) is 17.7 Å². The average molecular weight is 328 g/mol. The fourth-order valence-corrected chi connectivity index (χ4v) is 2.94. The van der Waals surface area contributed by atoms with Gasteiger partial charge in [0.1, 0.15) is 5.82 Å². The molecule has 6 nitrogen and oxygen atoms in total. The lowest BCUT2D eigenvalue weighted by Crippen LogP contribution is -2.32. The maximum absolute atomic E-state index is 9.50. The van der Waals surface area contributed by atoms with Crippen LogP contribution in [0.5, 0.6) is 6.01 Å². The first-order chi connectivity index (χ1) is 11.4. The van der Waals surface area contributed by atoms with Crippen molar-refractivity contribution in [2.24, 2.45) is 0 Å². The van der Waals surface area contributed by atoms with Crippen molar-refractivity contribution in [3.63, 3.8) is 0 Å². The molecule has 3 rings (SSSR count). The maximum atomic E-state index is 9.50. The van der Waals surface area contributed by atoms with Crippen molar-refractivity contribution in [1.29, 1.82) is 0 Å². The summed E-state index contributed by atoms with van der Waals surface area (Å²) in [6.07, 6.45) is 0.808. The Labute approximate surface area is 142 Å². The van der Waals surface area contributed by atoms with E-state index in [2.05, 4.69) is 39.1 Å². The predicted octanol–water partition coefficient (Wildman–Crippen LogP) is 1.90. The highest BCUT2D eigenvalue weighted by Gasteiger charge is 2.23. The summed E-state index contributed by atoms with van der Waals surface area (Å²) in [7, 11) is 1.55. The molecule has 0 spiro atoms. The lowest BCUT2D eigenvalue weighted by atomic mass is 9.85. The van der Waals surface area contributed by atoms with Gasteiger partial charge in [0.25, 0.3) is 0 Å². The molecule has 0 atom stereocenters. The van der Waals surface area contributed by atoms with Crippen molar-refractivity contribution in [2.75, 3.05) is 30.9 Å². The van der Waals surface area contributed by atoms with Crippen LogP contribution in [0.3, 0.4) is 0 Å². The Morgan fingerprint density at radius 1 is 1.25 bits per heavy atom. The smallest absolute Gasteiger partial charge is 0.318 e. The van der Waals surface area contributed by atoms with E-state index in [9.17, 15) is 5.11 Å². The zero-order valence-electron chi connectivity index (χ0n) is 14.4. The number of aliphatic hydroxyl groups excluding tert-OH is 1. The van der Waals surface area contributed by atoms with Gasteiger partial charge in [0.2, 0.25) is 0 Å². The summed E-state index contributed by atoms with van der Waals surface area (Å²) < 4.78 is 5.09. The largest absolute Gasteiger partial charge is 0.467 e. The lowest BCUT2D eigenvalue weighted by molar-refractivity contribution is 0.218. The second kappa shape index (κ2) is 6.28. The number of methoxy groups -OCH3 is 1. The third kappa shape index (κ3) is 3.01. The predicted molar refractivity (Wildman–Crippen MR) is 94.3 cm³/mol. The van der Waals surface area contributed by atoms with Crippen LogP contribution in [0, 0.1) is 0 Å². The number of hydrogen-bond acceptors (Lipinski definition) is 6. The number of fused-ring (bicyclic) bond motifs is 1. The summed E-state index contributed by atoms with van der Waals surface area (Å²) in [6.45, 7) is 5.75. The molecule has 128 valence electrons. The van der Waals surface area contributed by atoms with E-state index in [1.165, 1.54) is 0 Å². The topological polar surface area (TPSA) is 84.5 Å². The van der Waals surface area contributed by atoms with Gasteiger partial charge < -0.3 is 20.5 Å². The molecule has 24 heavy (non-hydrogen) atoms. The van der Waals surface area contributed by atoms with Crippen LogP contribution in [-0.4, -0.2) is 35.3 Å². The molecule has 0 fully saturated rings. The standard InChI is InChI=1S/C18H24N4O2/c1-18(2,11-23)12-4-6-13(7-5-12)22-9-8-15-14(10-22)16(19)21-17(20-15)24-3/h4-7,23H,8-11H2,1-3H3,(H2,19,20,21). The minimum absolute atomic E-state index is 0.124. The monoisotopic (exact) mass is 328 g/mol. The van der Waals surface area contributed by atoms with Crippen LogP contribution < -0.4 is 15.4 Å². The quantitative estimate of drug-likeness (QED) is 0.892. The molecule has 0 aliphatic carbocycles. The number of aromatic nitrogens is 2. The highest BCUT2D eigenvalue weighted by molar-refractivity contribution is 5.54. The van der Waals surface area contributed by atoms with Crippen molar-refractivity contribution < 1.29 is 9.84 Å². The van der Waals surface area contributed by atoms with Gasteiger partial charge in [0.05, 0.1) is 19.4 Å². The van der Waals surface area contributed by atoms with Crippen LogP contribution >= 0.6 is 0 Å². The fraction of sp³-hybridized carbons (Fsp3) is 0.444. The fourth-order valence-electron chi connectivity index (χ4n) is 2.94. The molecular formula is C18H24N4O2. The first-order valence-electron chi connectivity index (χ1n) is 8.10. The summed E-state index contributed by atoms with van der Waals surface area (Å²) >= 11 is 0. The molecule has 0 saturated carbocycles. The van der Waals surface area contributed by atoms with E-state index in [-0.39, 0.29) is 12.0 Å². The SMILES string of the molecule is COc1nc(N)c2c(n1)CCN(c1ccc(C(C)(C)CO)cc1)C2. The molecule has 0 saturated heterocycles. The first-order valence-corrected chi connectivity index (χ1v) is 8.10.